The van der Waals surface area contributed by atoms with E-state index in [4.69, 9.17) is 0 Å². The van der Waals surface area contributed by atoms with Crippen LogP contribution >= 0.6 is 0 Å². The van der Waals surface area contributed by atoms with Crippen molar-refractivity contribution >= 4 is 5.69 Å². The van der Waals surface area contributed by atoms with E-state index in [0.29, 0.717) is 0 Å². The van der Waals surface area contributed by atoms with Gasteiger partial charge in [0.05, 0.1) is 0 Å². The molecule has 26 heavy (non-hydrogen) atoms. The third-order valence-electron chi connectivity index (χ3n) is 5.26. The van der Waals surface area contributed by atoms with Gasteiger partial charge in [-0.05, 0) is 60.6 Å². The van der Waals surface area contributed by atoms with Gasteiger partial charge in [-0.25, -0.2) is 4.39 Å². The molecule has 0 saturated heterocycles. The Morgan fingerprint density at radius 3 is 2.35 bits per heavy atom. The van der Waals surface area contributed by atoms with Crippen LogP contribution in [0.3, 0.4) is 0 Å². The quantitative estimate of drug-likeness (QED) is 0.592. The Labute approximate surface area is 155 Å². The molecule has 3 aromatic carbocycles. The summed E-state index contributed by atoms with van der Waals surface area (Å²) in [4.78, 5) is 2.45. The summed E-state index contributed by atoms with van der Waals surface area (Å²) in [7, 11) is 0. The van der Waals surface area contributed by atoms with E-state index >= 15 is 0 Å². The van der Waals surface area contributed by atoms with Crippen molar-refractivity contribution in [1.29, 1.82) is 0 Å². The van der Waals surface area contributed by atoms with Crippen LogP contribution in [0.4, 0.5) is 10.1 Å². The summed E-state index contributed by atoms with van der Waals surface area (Å²) in [5.41, 5.74) is 8.10. The Bertz CT molecular complexity index is 881. The van der Waals surface area contributed by atoms with Gasteiger partial charge in [-0.2, -0.15) is 0 Å². The van der Waals surface area contributed by atoms with E-state index in [2.05, 4.69) is 54.3 Å². The fourth-order valence-corrected chi connectivity index (χ4v) is 3.82. The zero-order valence-corrected chi connectivity index (χ0v) is 15.2. The molecule has 0 unspecified atom stereocenters. The maximum Gasteiger partial charge on any atom is 0.123 e. The topological polar surface area (TPSA) is 3.24 Å². The first-order valence-corrected chi connectivity index (χ1v) is 9.35. The fraction of sp³-hybridized carbons (Fsp3) is 0.250. The van der Waals surface area contributed by atoms with Gasteiger partial charge in [-0.3, -0.25) is 0 Å². The molecule has 0 spiro atoms. The highest BCUT2D eigenvalue weighted by Crippen LogP contribution is 2.33. The zero-order chi connectivity index (χ0) is 17.9. The Morgan fingerprint density at radius 2 is 1.58 bits per heavy atom. The van der Waals surface area contributed by atoms with Crippen LogP contribution in [0, 0.1) is 12.7 Å². The molecule has 3 aromatic rings. The highest BCUT2D eigenvalue weighted by Gasteiger charge is 2.22. The second kappa shape index (κ2) is 7.33. The van der Waals surface area contributed by atoms with Crippen molar-refractivity contribution in [3.05, 3.63) is 100 Å². The molecule has 0 N–H and O–H groups in total. The first-order valence-electron chi connectivity index (χ1n) is 9.35. The lowest BCUT2D eigenvalue weighted by molar-refractivity contribution is 0.626. The van der Waals surface area contributed by atoms with Gasteiger partial charge in [0.15, 0.2) is 0 Å². The number of fused-ring (bicyclic) bond motifs is 1. The second-order valence-electron chi connectivity index (χ2n) is 7.21. The van der Waals surface area contributed by atoms with Crippen molar-refractivity contribution in [2.45, 2.75) is 32.7 Å². The summed E-state index contributed by atoms with van der Waals surface area (Å²) in [6.07, 6.45) is 3.20. The standard InChI is InChI=1S/C24H24FN/c1-18-5-7-19(8-6-18)9-12-21-3-2-4-22-15-16-26(24(21)22)17-20-10-13-23(25)14-11-20/h2-8,10-11,13-14H,9,12,15-17H2,1H3. The molecule has 2 heteroatoms. The predicted octanol–water partition coefficient (Wildman–Crippen LogP) is 5.48. The smallest absolute Gasteiger partial charge is 0.123 e. The number of hydrogen-bond donors (Lipinski definition) is 0. The van der Waals surface area contributed by atoms with Crippen LogP contribution in [0.5, 0.6) is 0 Å². The minimum absolute atomic E-state index is 0.172. The van der Waals surface area contributed by atoms with Crippen molar-refractivity contribution in [3.8, 4) is 0 Å². The summed E-state index contributed by atoms with van der Waals surface area (Å²) in [6.45, 7) is 4.00. The Balaban J connectivity index is 1.53. The van der Waals surface area contributed by atoms with E-state index in [9.17, 15) is 4.39 Å². The summed E-state index contributed by atoms with van der Waals surface area (Å²) >= 11 is 0. The number of benzene rings is 3. The van der Waals surface area contributed by atoms with Gasteiger partial charge in [0, 0.05) is 18.8 Å². The van der Waals surface area contributed by atoms with Gasteiger partial charge in [0.1, 0.15) is 5.82 Å². The average molecular weight is 345 g/mol. The van der Waals surface area contributed by atoms with E-state index in [0.717, 1.165) is 37.9 Å². The number of rotatable bonds is 5. The number of anilines is 1. The number of halogens is 1. The molecule has 0 radical (unpaired) electrons. The lowest BCUT2D eigenvalue weighted by Crippen LogP contribution is -2.21. The monoisotopic (exact) mass is 345 g/mol. The van der Waals surface area contributed by atoms with Crippen LogP contribution < -0.4 is 4.90 Å². The SMILES string of the molecule is Cc1ccc(CCc2cccc3c2N(Cc2ccc(F)cc2)CC3)cc1. The highest BCUT2D eigenvalue weighted by atomic mass is 19.1. The normalized spacial score (nSPS) is 13.1. The Kier molecular flexibility index (Phi) is 4.75. The summed E-state index contributed by atoms with van der Waals surface area (Å²) in [5.74, 6) is -0.172. The Morgan fingerprint density at radius 1 is 0.846 bits per heavy atom. The molecule has 0 aromatic heterocycles. The second-order valence-corrected chi connectivity index (χ2v) is 7.21. The van der Waals surface area contributed by atoms with Crippen LogP contribution in [-0.2, 0) is 25.8 Å². The number of para-hydroxylation sites is 1. The van der Waals surface area contributed by atoms with Crippen LogP contribution in [0.15, 0.2) is 66.7 Å². The van der Waals surface area contributed by atoms with E-state index in [1.807, 2.05) is 12.1 Å². The number of nitrogens with zero attached hydrogens (tertiary/aromatic N) is 1. The minimum Gasteiger partial charge on any atom is -0.366 e. The third kappa shape index (κ3) is 3.65. The van der Waals surface area contributed by atoms with E-state index in [1.165, 1.54) is 27.9 Å². The molecule has 1 aliphatic rings. The van der Waals surface area contributed by atoms with Crippen molar-refractivity contribution in [3.63, 3.8) is 0 Å². The molecule has 0 amide bonds. The van der Waals surface area contributed by atoms with E-state index in [1.54, 1.807) is 12.1 Å². The summed E-state index contributed by atoms with van der Waals surface area (Å²) in [5, 5.41) is 0. The molecule has 132 valence electrons. The van der Waals surface area contributed by atoms with Gasteiger partial charge in [-0.15, -0.1) is 0 Å². The molecule has 4 rings (SSSR count). The van der Waals surface area contributed by atoms with E-state index in [-0.39, 0.29) is 5.82 Å². The fourth-order valence-electron chi connectivity index (χ4n) is 3.82. The zero-order valence-electron chi connectivity index (χ0n) is 15.2. The van der Waals surface area contributed by atoms with Gasteiger partial charge < -0.3 is 4.90 Å². The number of aryl methyl sites for hydroxylation is 3. The molecule has 0 fully saturated rings. The molecule has 1 heterocycles. The Hall–Kier alpha value is -2.61. The van der Waals surface area contributed by atoms with Crippen LogP contribution in [0.2, 0.25) is 0 Å². The maximum atomic E-state index is 13.2. The van der Waals surface area contributed by atoms with Crippen molar-refractivity contribution in [2.75, 3.05) is 11.4 Å². The summed E-state index contributed by atoms with van der Waals surface area (Å²) < 4.78 is 13.2. The number of hydrogen-bond acceptors (Lipinski definition) is 1. The molecule has 1 aliphatic heterocycles. The molecule has 0 saturated carbocycles. The van der Waals surface area contributed by atoms with E-state index < -0.39 is 0 Å². The molecular formula is C24H24FN. The summed E-state index contributed by atoms with van der Waals surface area (Å²) in [6, 6.07) is 22.4. The van der Waals surface area contributed by atoms with Gasteiger partial charge in [0.2, 0.25) is 0 Å². The lowest BCUT2D eigenvalue weighted by atomic mass is 9.99. The van der Waals surface area contributed by atoms with Gasteiger partial charge in [0.25, 0.3) is 0 Å². The van der Waals surface area contributed by atoms with Crippen molar-refractivity contribution in [1.82, 2.24) is 0 Å². The minimum atomic E-state index is -0.172. The first kappa shape index (κ1) is 16.8. The van der Waals surface area contributed by atoms with Gasteiger partial charge >= 0.3 is 0 Å². The predicted molar refractivity (Wildman–Crippen MR) is 106 cm³/mol. The van der Waals surface area contributed by atoms with Gasteiger partial charge in [-0.1, -0.05) is 60.2 Å². The molecular weight excluding hydrogens is 321 g/mol. The van der Waals surface area contributed by atoms with Crippen LogP contribution in [-0.4, -0.2) is 6.54 Å². The first-order chi connectivity index (χ1) is 12.7. The maximum absolute atomic E-state index is 13.2. The molecule has 1 nitrogen and oxygen atoms in total. The molecule has 0 bridgehead atoms. The molecule has 0 aliphatic carbocycles. The van der Waals surface area contributed by atoms with Crippen LogP contribution in [0.1, 0.15) is 27.8 Å². The average Bonchev–Trinajstić information content (AvgIpc) is 3.07. The largest absolute Gasteiger partial charge is 0.366 e. The van der Waals surface area contributed by atoms with Crippen molar-refractivity contribution < 1.29 is 4.39 Å². The van der Waals surface area contributed by atoms with Crippen LogP contribution in [0.25, 0.3) is 0 Å². The third-order valence-corrected chi connectivity index (χ3v) is 5.26. The lowest BCUT2D eigenvalue weighted by Gasteiger charge is -2.22. The molecule has 0 atom stereocenters. The van der Waals surface area contributed by atoms with Crippen molar-refractivity contribution in [2.24, 2.45) is 0 Å². The highest BCUT2D eigenvalue weighted by molar-refractivity contribution is 5.63.